The molecule has 0 saturated carbocycles. The lowest BCUT2D eigenvalue weighted by Gasteiger charge is -2.10. The van der Waals surface area contributed by atoms with Gasteiger partial charge in [-0.1, -0.05) is 19.8 Å². The van der Waals surface area contributed by atoms with Crippen LogP contribution in [0.5, 0.6) is 5.75 Å². The molecule has 0 heterocycles. The minimum absolute atomic E-state index is 0.268. The third-order valence-corrected chi connectivity index (χ3v) is 2.94. The van der Waals surface area contributed by atoms with Crippen molar-refractivity contribution in [3.63, 3.8) is 0 Å². The molecule has 0 aliphatic rings. The predicted molar refractivity (Wildman–Crippen MR) is 78.4 cm³/mol. The molecular weight excluding hydrogens is 256 g/mol. The van der Waals surface area contributed by atoms with Gasteiger partial charge in [0, 0.05) is 7.11 Å². The summed E-state index contributed by atoms with van der Waals surface area (Å²) in [6.07, 6.45) is 3.40. The summed E-state index contributed by atoms with van der Waals surface area (Å²) in [5.41, 5.74) is 1.49. The average Bonchev–Trinajstić information content (AvgIpc) is 2.45. The smallest absolute Gasteiger partial charge is 0.338 e. The van der Waals surface area contributed by atoms with Gasteiger partial charge in [-0.15, -0.1) is 0 Å². The summed E-state index contributed by atoms with van der Waals surface area (Å²) in [7, 11) is 1.57. The first-order valence-corrected chi connectivity index (χ1v) is 7.08. The fourth-order valence-electron chi connectivity index (χ4n) is 1.77. The molecule has 0 aliphatic carbocycles. The Morgan fingerprint density at radius 2 is 1.95 bits per heavy atom. The van der Waals surface area contributed by atoms with E-state index in [4.69, 9.17) is 14.2 Å². The number of esters is 1. The van der Waals surface area contributed by atoms with Crippen LogP contribution in [0.2, 0.25) is 0 Å². The Labute approximate surface area is 121 Å². The lowest BCUT2D eigenvalue weighted by atomic mass is 10.1. The third-order valence-electron chi connectivity index (χ3n) is 2.94. The van der Waals surface area contributed by atoms with Crippen molar-refractivity contribution in [3.8, 4) is 5.75 Å². The molecule has 0 aliphatic heterocycles. The van der Waals surface area contributed by atoms with Gasteiger partial charge in [0.05, 0.1) is 18.8 Å². The number of benzene rings is 1. The molecule has 1 rings (SSSR count). The molecule has 0 N–H and O–H groups in total. The number of methoxy groups -OCH3 is 1. The van der Waals surface area contributed by atoms with Crippen LogP contribution < -0.4 is 4.74 Å². The molecule has 0 fully saturated rings. The summed E-state index contributed by atoms with van der Waals surface area (Å²) in [6.45, 7) is 5.48. The van der Waals surface area contributed by atoms with Gasteiger partial charge in [0.15, 0.2) is 0 Å². The molecule has 0 spiro atoms. The molecular formula is C16H24O4. The lowest BCUT2D eigenvalue weighted by molar-refractivity contribution is 0.0388. The lowest BCUT2D eigenvalue weighted by Crippen LogP contribution is -2.10. The fraction of sp³-hybridized carbons (Fsp3) is 0.562. The molecule has 0 bridgehead atoms. The van der Waals surface area contributed by atoms with Crippen LogP contribution in [-0.4, -0.2) is 32.9 Å². The van der Waals surface area contributed by atoms with Crippen LogP contribution in [0.25, 0.3) is 0 Å². The average molecular weight is 280 g/mol. The summed E-state index contributed by atoms with van der Waals surface area (Å²) < 4.78 is 15.6. The van der Waals surface area contributed by atoms with E-state index in [9.17, 15) is 4.79 Å². The second-order valence-electron chi connectivity index (χ2n) is 4.66. The summed E-state index contributed by atoms with van der Waals surface area (Å²) in [5.74, 6) is 0.497. The van der Waals surface area contributed by atoms with Crippen LogP contribution in [0.15, 0.2) is 18.2 Å². The number of ether oxygens (including phenoxy) is 3. The van der Waals surface area contributed by atoms with E-state index in [0.717, 1.165) is 17.7 Å². The van der Waals surface area contributed by atoms with Gasteiger partial charge in [-0.3, -0.25) is 0 Å². The maximum Gasteiger partial charge on any atom is 0.338 e. The number of aryl methyl sites for hydroxylation is 1. The third kappa shape index (κ3) is 5.61. The second-order valence-corrected chi connectivity index (χ2v) is 4.66. The van der Waals surface area contributed by atoms with Gasteiger partial charge in [0.2, 0.25) is 0 Å². The monoisotopic (exact) mass is 280 g/mol. The van der Waals surface area contributed by atoms with E-state index in [1.165, 1.54) is 12.8 Å². The highest BCUT2D eigenvalue weighted by atomic mass is 16.6. The van der Waals surface area contributed by atoms with E-state index in [1.54, 1.807) is 19.2 Å². The van der Waals surface area contributed by atoms with E-state index in [2.05, 4.69) is 6.92 Å². The van der Waals surface area contributed by atoms with Crippen LogP contribution in [-0.2, 0) is 9.47 Å². The normalized spacial score (nSPS) is 10.3. The Kier molecular flexibility index (Phi) is 7.73. The topological polar surface area (TPSA) is 44.8 Å². The predicted octanol–water partition coefficient (Wildman–Crippen LogP) is 3.37. The van der Waals surface area contributed by atoms with Crippen molar-refractivity contribution in [1.29, 1.82) is 0 Å². The Bertz CT molecular complexity index is 415. The van der Waals surface area contributed by atoms with Gasteiger partial charge < -0.3 is 14.2 Å². The summed E-state index contributed by atoms with van der Waals surface area (Å²) in [6, 6.07) is 5.36. The second kappa shape index (κ2) is 9.37. The summed E-state index contributed by atoms with van der Waals surface area (Å²) in [4.78, 5) is 11.8. The highest BCUT2D eigenvalue weighted by Crippen LogP contribution is 2.20. The molecule has 1 aromatic carbocycles. The maximum atomic E-state index is 11.8. The molecule has 112 valence electrons. The van der Waals surface area contributed by atoms with Crippen molar-refractivity contribution in [2.24, 2.45) is 0 Å². The van der Waals surface area contributed by atoms with Crippen LogP contribution in [0, 0.1) is 6.92 Å². The number of carbonyl (C=O) groups is 1. The minimum Gasteiger partial charge on any atom is -0.493 e. The van der Waals surface area contributed by atoms with Crippen molar-refractivity contribution in [2.75, 3.05) is 26.9 Å². The van der Waals surface area contributed by atoms with Crippen LogP contribution >= 0.6 is 0 Å². The molecule has 0 radical (unpaired) electrons. The summed E-state index contributed by atoms with van der Waals surface area (Å²) >= 11 is 0. The first-order valence-electron chi connectivity index (χ1n) is 7.08. The molecule has 0 aromatic heterocycles. The van der Waals surface area contributed by atoms with Crippen molar-refractivity contribution in [2.45, 2.75) is 33.1 Å². The van der Waals surface area contributed by atoms with Gasteiger partial charge in [-0.25, -0.2) is 4.79 Å². The Hall–Kier alpha value is -1.55. The van der Waals surface area contributed by atoms with Gasteiger partial charge in [-0.05, 0) is 37.1 Å². The van der Waals surface area contributed by atoms with Crippen molar-refractivity contribution in [1.82, 2.24) is 0 Å². The standard InChI is InChI=1S/C16H24O4/c1-4-5-6-9-19-15-8-7-14(12-13(15)2)16(17)20-11-10-18-3/h7-8,12H,4-6,9-11H2,1-3H3. The molecule has 4 heteroatoms. The zero-order chi connectivity index (χ0) is 14.8. The number of hydrogen-bond donors (Lipinski definition) is 0. The van der Waals surface area contributed by atoms with Crippen LogP contribution in [0.4, 0.5) is 0 Å². The Morgan fingerprint density at radius 1 is 1.15 bits per heavy atom. The van der Waals surface area contributed by atoms with E-state index in [0.29, 0.717) is 18.8 Å². The first kappa shape index (κ1) is 16.5. The zero-order valence-corrected chi connectivity index (χ0v) is 12.6. The Morgan fingerprint density at radius 3 is 2.60 bits per heavy atom. The van der Waals surface area contributed by atoms with Gasteiger partial charge in [0.25, 0.3) is 0 Å². The van der Waals surface area contributed by atoms with Crippen molar-refractivity contribution in [3.05, 3.63) is 29.3 Å². The van der Waals surface area contributed by atoms with Crippen LogP contribution in [0.1, 0.15) is 42.1 Å². The van der Waals surface area contributed by atoms with Crippen molar-refractivity contribution >= 4 is 5.97 Å². The maximum absolute atomic E-state index is 11.8. The summed E-state index contributed by atoms with van der Waals surface area (Å²) in [5, 5.41) is 0. The Balaban J connectivity index is 2.51. The largest absolute Gasteiger partial charge is 0.493 e. The quantitative estimate of drug-likeness (QED) is 0.514. The number of rotatable bonds is 9. The van der Waals surface area contributed by atoms with E-state index in [1.807, 2.05) is 13.0 Å². The molecule has 0 saturated heterocycles. The van der Waals surface area contributed by atoms with Gasteiger partial charge in [0.1, 0.15) is 12.4 Å². The molecule has 0 unspecified atom stereocenters. The van der Waals surface area contributed by atoms with Gasteiger partial charge in [-0.2, -0.15) is 0 Å². The van der Waals surface area contributed by atoms with Crippen LogP contribution in [0.3, 0.4) is 0 Å². The number of carbonyl (C=O) groups excluding carboxylic acids is 1. The molecule has 0 atom stereocenters. The molecule has 0 amide bonds. The highest BCUT2D eigenvalue weighted by Gasteiger charge is 2.09. The first-order chi connectivity index (χ1) is 9.69. The SMILES string of the molecule is CCCCCOc1ccc(C(=O)OCCOC)cc1C. The van der Waals surface area contributed by atoms with Crippen molar-refractivity contribution < 1.29 is 19.0 Å². The number of unbranched alkanes of at least 4 members (excludes halogenated alkanes) is 2. The molecule has 20 heavy (non-hydrogen) atoms. The molecule has 4 nitrogen and oxygen atoms in total. The molecule has 1 aromatic rings. The van der Waals surface area contributed by atoms with E-state index in [-0.39, 0.29) is 12.6 Å². The highest BCUT2D eigenvalue weighted by molar-refractivity contribution is 5.89. The van der Waals surface area contributed by atoms with E-state index < -0.39 is 0 Å². The zero-order valence-electron chi connectivity index (χ0n) is 12.6. The van der Waals surface area contributed by atoms with E-state index >= 15 is 0 Å². The fourth-order valence-corrected chi connectivity index (χ4v) is 1.77. The minimum atomic E-state index is -0.331. The number of hydrogen-bond acceptors (Lipinski definition) is 4. The van der Waals surface area contributed by atoms with Gasteiger partial charge >= 0.3 is 5.97 Å².